The Labute approximate surface area is 227 Å². The van der Waals surface area contributed by atoms with Gasteiger partial charge in [-0.25, -0.2) is 0 Å². The molecule has 7 unspecified atom stereocenters. The topological polar surface area (TPSA) is 84.9 Å². The fraction of sp³-hybridized carbons (Fsp3) is 0.500. The molecule has 4 heterocycles. The zero-order chi connectivity index (χ0) is 26.4. The first kappa shape index (κ1) is 25.3. The molecule has 1 N–H and O–H groups in total. The first-order valence-electron chi connectivity index (χ1n) is 13.6. The minimum Gasteiger partial charge on any atom is -0.497 e. The molecule has 1 aromatic carbocycles. The van der Waals surface area contributed by atoms with Crippen molar-refractivity contribution < 1.29 is 23.9 Å². The van der Waals surface area contributed by atoms with Gasteiger partial charge in [0.25, 0.3) is 0 Å². The van der Waals surface area contributed by atoms with Crippen LogP contribution in [0.5, 0.6) is 5.75 Å². The first-order valence-corrected chi connectivity index (χ1v) is 14.5. The van der Waals surface area contributed by atoms with Crippen LogP contribution in [0.25, 0.3) is 0 Å². The predicted octanol–water partition coefficient (Wildman–Crippen LogP) is 3.91. The van der Waals surface area contributed by atoms with Gasteiger partial charge in [-0.1, -0.05) is 50.1 Å². The third-order valence-corrected chi connectivity index (χ3v) is 9.71. The van der Waals surface area contributed by atoms with Crippen LogP contribution in [0.1, 0.15) is 43.0 Å². The molecule has 38 heavy (non-hydrogen) atoms. The summed E-state index contributed by atoms with van der Waals surface area (Å²) >= 11 is 1.56. The summed E-state index contributed by atoms with van der Waals surface area (Å²) in [5.41, 5.74) is -0.299. The van der Waals surface area contributed by atoms with E-state index in [0.717, 1.165) is 29.7 Å². The highest BCUT2D eigenvalue weighted by Gasteiger charge is 2.72. The number of rotatable bonds is 8. The Kier molecular flexibility index (Phi) is 6.64. The molecule has 2 bridgehead atoms. The molecule has 0 radical (unpaired) electrons. The van der Waals surface area contributed by atoms with Crippen LogP contribution in [0.15, 0.2) is 53.9 Å². The van der Waals surface area contributed by atoms with Crippen molar-refractivity contribution in [2.75, 3.05) is 7.11 Å². The van der Waals surface area contributed by atoms with Crippen molar-refractivity contribution in [1.82, 2.24) is 10.2 Å². The van der Waals surface area contributed by atoms with Crippen LogP contribution in [0, 0.1) is 17.8 Å². The van der Waals surface area contributed by atoms with Crippen LogP contribution in [0.3, 0.4) is 0 Å². The van der Waals surface area contributed by atoms with E-state index < -0.39 is 29.6 Å². The minimum atomic E-state index is -1.13. The number of benzene rings is 1. The molecule has 1 aromatic heterocycles. The maximum Gasteiger partial charge on any atom is 0.246 e. The van der Waals surface area contributed by atoms with Gasteiger partial charge in [0.1, 0.15) is 23.2 Å². The first-order chi connectivity index (χ1) is 18.4. The number of nitrogens with zero attached hydrogens (tertiary/aromatic N) is 1. The number of likely N-dealkylation sites (tertiary alicyclic amines) is 1. The Morgan fingerprint density at radius 3 is 2.82 bits per heavy atom. The Morgan fingerprint density at radius 1 is 1.21 bits per heavy atom. The van der Waals surface area contributed by atoms with E-state index in [4.69, 9.17) is 9.47 Å². The number of hydrogen-bond acceptors (Lipinski definition) is 6. The number of thiophene rings is 1. The number of fused-ring (bicyclic) bond motifs is 1. The largest absolute Gasteiger partial charge is 0.497 e. The van der Waals surface area contributed by atoms with Gasteiger partial charge in [0.05, 0.1) is 31.6 Å². The number of ether oxygens (including phenoxy) is 2. The Bertz CT molecular complexity index is 1260. The van der Waals surface area contributed by atoms with Crippen LogP contribution < -0.4 is 10.1 Å². The van der Waals surface area contributed by atoms with Crippen molar-refractivity contribution in [3.63, 3.8) is 0 Å². The van der Waals surface area contributed by atoms with Crippen LogP contribution >= 0.6 is 11.3 Å². The van der Waals surface area contributed by atoms with Crippen molar-refractivity contribution in [3.05, 3.63) is 64.4 Å². The average molecular weight is 535 g/mol. The summed E-state index contributed by atoms with van der Waals surface area (Å²) in [6.45, 7) is 2.50. The van der Waals surface area contributed by atoms with Crippen LogP contribution in [-0.2, 0) is 32.1 Å². The number of amides is 2. The lowest BCUT2D eigenvalue weighted by Gasteiger charge is -2.35. The molecular formula is C30H34N2O5S. The van der Waals surface area contributed by atoms with E-state index in [1.165, 1.54) is 6.42 Å². The maximum atomic E-state index is 14.1. The molecule has 1 spiro atoms. The zero-order valence-electron chi connectivity index (χ0n) is 21.8. The van der Waals surface area contributed by atoms with Gasteiger partial charge < -0.3 is 19.7 Å². The van der Waals surface area contributed by atoms with Gasteiger partial charge in [0.15, 0.2) is 0 Å². The zero-order valence-corrected chi connectivity index (χ0v) is 22.6. The fourth-order valence-corrected chi connectivity index (χ4v) is 7.67. The van der Waals surface area contributed by atoms with Gasteiger partial charge in [0, 0.05) is 17.3 Å². The molecule has 2 saturated heterocycles. The summed E-state index contributed by atoms with van der Waals surface area (Å²) in [5, 5.41) is 5.25. The monoisotopic (exact) mass is 534 g/mol. The van der Waals surface area contributed by atoms with Crippen molar-refractivity contribution in [2.45, 2.75) is 69.4 Å². The van der Waals surface area contributed by atoms with Crippen LogP contribution in [-0.4, -0.2) is 53.4 Å². The summed E-state index contributed by atoms with van der Waals surface area (Å²) in [7, 11) is 1.60. The maximum absolute atomic E-state index is 14.1. The fourth-order valence-electron chi connectivity index (χ4n) is 6.97. The summed E-state index contributed by atoms with van der Waals surface area (Å²) in [6.07, 6.45) is 7.73. The minimum absolute atomic E-state index is 0.0501. The summed E-state index contributed by atoms with van der Waals surface area (Å²) < 4.78 is 11.8. The standard InChI is InChI=1S/C30H34N2O5S/c1-18-7-3-4-11-22(18)31-28(34)27-30-13-12-24(37-30)25(23(33)16-19-8-5-9-20(15-19)36-2)26(30)29(35)32(27)17-21-10-6-14-38-21/h5-6,8-10,12-15,18,22,24-27H,3-4,7,11,16-17H2,1-2H3,(H,31,34). The van der Waals surface area contributed by atoms with E-state index >= 15 is 0 Å². The predicted molar refractivity (Wildman–Crippen MR) is 144 cm³/mol. The lowest BCUT2D eigenvalue weighted by molar-refractivity contribution is -0.142. The smallest absolute Gasteiger partial charge is 0.246 e. The Balaban J connectivity index is 1.31. The van der Waals surface area contributed by atoms with E-state index in [1.807, 2.05) is 53.9 Å². The molecule has 3 fully saturated rings. The number of methoxy groups -OCH3 is 1. The van der Waals surface area contributed by atoms with Crippen LogP contribution in [0.2, 0.25) is 0 Å². The SMILES string of the molecule is COc1cccc(CC(=O)C2C3C=CC4(O3)C2C(=O)N(Cc2cccs2)C4C(=O)NC2CCCCC2C)c1. The lowest BCUT2D eigenvalue weighted by Crippen LogP contribution is -2.57. The molecule has 2 amide bonds. The quantitative estimate of drug-likeness (QED) is 0.519. The number of carbonyl (C=O) groups is 3. The highest BCUT2D eigenvalue weighted by atomic mass is 32.1. The van der Waals surface area contributed by atoms with Crippen molar-refractivity contribution in [2.24, 2.45) is 17.8 Å². The van der Waals surface area contributed by atoms with Gasteiger partial charge >= 0.3 is 0 Å². The van der Waals surface area contributed by atoms with E-state index in [1.54, 1.807) is 23.3 Å². The molecule has 4 aliphatic rings. The molecule has 1 aliphatic carbocycles. The third kappa shape index (κ3) is 4.18. The van der Waals surface area contributed by atoms with Gasteiger partial charge in [-0.2, -0.15) is 0 Å². The number of hydrogen-bond donors (Lipinski definition) is 1. The number of carbonyl (C=O) groups excluding carboxylic acids is 3. The van der Waals surface area contributed by atoms with E-state index in [0.29, 0.717) is 18.2 Å². The van der Waals surface area contributed by atoms with Gasteiger partial charge in [-0.3, -0.25) is 14.4 Å². The molecule has 7 atom stereocenters. The Hall–Kier alpha value is -2.97. The summed E-state index contributed by atoms with van der Waals surface area (Å²) in [4.78, 5) is 44.5. The van der Waals surface area contributed by atoms with E-state index in [9.17, 15) is 14.4 Å². The Morgan fingerprint density at radius 2 is 2.05 bits per heavy atom. The third-order valence-electron chi connectivity index (χ3n) is 8.85. The lowest BCUT2D eigenvalue weighted by atomic mass is 9.72. The average Bonchev–Trinajstić information content (AvgIpc) is 3.69. The van der Waals surface area contributed by atoms with Gasteiger partial charge in [0.2, 0.25) is 11.8 Å². The van der Waals surface area contributed by atoms with E-state index in [-0.39, 0.29) is 30.1 Å². The van der Waals surface area contributed by atoms with Crippen molar-refractivity contribution in [1.29, 1.82) is 0 Å². The molecule has 6 rings (SSSR count). The molecule has 1 saturated carbocycles. The van der Waals surface area contributed by atoms with E-state index in [2.05, 4.69) is 12.2 Å². The molecule has 3 aliphatic heterocycles. The number of Topliss-reactive ketones (excluding diaryl/α,β-unsaturated/α-hetero) is 1. The molecule has 200 valence electrons. The molecule has 7 nitrogen and oxygen atoms in total. The van der Waals surface area contributed by atoms with Gasteiger partial charge in [-0.15, -0.1) is 11.3 Å². The normalized spacial score (nSPS) is 33.4. The van der Waals surface area contributed by atoms with Gasteiger partial charge in [-0.05, 0) is 47.9 Å². The molecule has 2 aromatic rings. The number of nitrogens with one attached hydrogen (secondary N) is 1. The summed E-state index contributed by atoms with van der Waals surface area (Å²) in [6, 6.07) is 10.6. The van der Waals surface area contributed by atoms with Crippen molar-refractivity contribution in [3.8, 4) is 5.75 Å². The second-order valence-corrected chi connectivity index (χ2v) is 12.2. The highest BCUT2D eigenvalue weighted by Crippen LogP contribution is 2.55. The second-order valence-electron chi connectivity index (χ2n) is 11.1. The van der Waals surface area contributed by atoms with Crippen LogP contribution in [0.4, 0.5) is 0 Å². The highest BCUT2D eigenvalue weighted by molar-refractivity contribution is 7.09. The molecular weight excluding hydrogens is 500 g/mol. The second kappa shape index (κ2) is 9.97. The number of ketones is 1. The summed E-state index contributed by atoms with van der Waals surface area (Å²) in [5.74, 6) is -0.675. The van der Waals surface area contributed by atoms with Crippen molar-refractivity contribution >= 4 is 28.9 Å². The molecule has 8 heteroatoms.